The Morgan fingerprint density at radius 3 is 2.95 bits per heavy atom. The zero-order valence-corrected chi connectivity index (χ0v) is 11.5. The second-order valence-corrected chi connectivity index (χ2v) is 5.18. The number of carbonyl (C=O) groups is 2. The fraction of sp³-hybridized carbons (Fsp3) is 0.700. The lowest BCUT2D eigenvalue weighted by atomic mass is 10.3. The Morgan fingerprint density at radius 1 is 1.58 bits per heavy atom. The third-order valence-corrected chi connectivity index (χ3v) is 3.55. The number of tetrazole rings is 1. The molecule has 1 aromatic heterocycles. The monoisotopic (exact) mass is 285 g/mol. The minimum absolute atomic E-state index is 0.161. The average molecular weight is 285 g/mol. The minimum atomic E-state index is -0.655. The van der Waals surface area contributed by atoms with Crippen LogP contribution >= 0.6 is 11.8 Å². The number of carbonyl (C=O) groups excluding carboxylic acids is 2. The van der Waals surface area contributed by atoms with E-state index in [0.29, 0.717) is 11.2 Å². The van der Waals surface area contributed by atoms with E-state index in [0.717, 1.165) is 12.8 Å². The molecule has 8 nitrogen and oxygen atoms in total. The number of nitrogens with one attached hydrogen (secondary N) is 1. The summed E-state index contributed by atoms with van der Waals surface area (Å²) in [5, 5.41) is 14.5. The number of rotatable bonds is 6. The van der Waals surface area contributed by atoms with Gasteiger partial charge in [0.2, 0.25) is 11.1 Å². The zero-order chi connectivity index (χ0) is 13.8. The van der Waals surface area contributed by atoms with Gasteiger partial charge in [-0.15, -0.1) is 5.10 Å². The van der Waals surface area contributed by atoms with Crippen molar-refractivity contribution in [1.29, 1.82) is 0 Å². The molecule has 1 N–H and O–H groups in total. The number of ether oxygens (including phenoxy) is 1. The number of hydrogen-bond donors (Lipinski definition) is 1. The van der Waals surface area contributed by atoms with Crippen molar-refractivity contribution in [3.63, 3.8) is 0 Å². The maximum absolute atomic E-state index is 11.6. The lowest BCUT2D eigenvalue weighted by Gasteiger charge is -2.10. The van der Waals surface area contributed by atoms with Gasteiger partial charge in [-0.3, -0.25) is 4.79 Å². The Morgan fingerprint density at radius 2 is 2.32 bits per heavy atom. The summed E-state index contributed by atoms with van der Waals surface area (Å²) in [5.74, 6) is -0.566. The molecule has 0 radical (unpaired) electrons. The van der Waals surface area contributed by atoms with Gasteiger partial charge in [-0.2, -0.15) is 0 Å². The highest BCUT2D eigenvalue weighted by Gasteiger charge is 2.28. The molecular weight excluding hydrogens is 270 g/mol. The van der Waals surface area contributed by atoms with Crippen molar-refractivity contribution in [3.05, 3.63) is 0 Å². The maximum atomic E-state index is 11.6. The van der Waals surface area contributed by atoms with Crippen molar-refractivity contribution in [2.75, 3.05) is 12.9 Å². The maximum Gasteiger partial charge on any atom is 0.328 e. The molecule has 0 aromatic carbocycles. The van der Waals surface area contributed by atoms with Crippen LogP contribution in [0.25, 0.3) is 0 Å². The SMILES string of the molecule is COC(=O)C(C)NC(=O)CSc1nnnn1C1CC1. The van der Waals surface area contributed by atoms with Crippen LogP contribution in [0.5, 0.6) is 0 Å². The predicted molar refractivity (Wildman–Crippen MR) is 66.4 cm³/mol. The number of thioether (sulfide) groups is 1. The smallest absolute Gasteiger partial charge is 0.328 e. The van der Waals surface area contributed by atoms with Crippen LogP contribution in [0.2, 0.25) is 0 Å². The molecule has 2 rings (SSSR count). The molecule has 19 heavy (non-hydrogen) atoms. The standard InChI is InChI=1S/C10H15N5O3S/c1-6(9(17)18-2)11-8(16)5-19-10-12-13-14-15(10)7-3-4-7/h6-7H,3-5H2,1-2H3,(H,11,16). The van der Waals surface area contributed by atoms with E-state index in [1.807, 2.05) is 0 Å². The number of aromatic nitrogens is 4. The second kappa shape index (κ2) is 6.00. The van der Waals surface area contributed by atoms with E-state index in [-0.39, 0.29) is 11.7 Å². The molecule has 1 heterocycles. The molecule has 0 aliphatic heterocycles. The molecule has 1 atom stereocenters. The summed E-state index contributed by atoms with van der Waals surface area (Å²) in [6.45, 7) is 1.57. The average Bonchev–Trinajstić information content (AvgIpc) is 3.14. The lowest BCUT2D eigenvalue weighted by molar-refractivity contribution is -0.144. The van der Waals surface area contributed by atoms with Gasteiger partial charge >= 0.3 is 5.97 Å². The molecule has 1 aromatic rings. The van der Waals surface area contributed by atoms with Gasteiger partial charge in [0, 0.05) is 0 Å². The fourth-order valence-corrected chi connectivity index (χ4v) is 2.23. The van der Waals surface area contributed by atoms with Gasteiger partial charge in [-0.05, 0) is 30.2 Å². The van der Waals surface area contributed by atoms with E-state index in [9.17, 15) is 9.59 Å². The van der Waals surface area contributed by atoms with E-state index in [4.69, 9.17) is 0 Å². The molecule has 1 aliphatic carbocycles. The van der Waals surface area contributed by atoms with Crippen LogP contribution in [0.4, 0.5) is 0 Å². The molecule has 104 valence electrons. The van der Waals surface area contributed by atoms with Gasteiger partial charge in [0.25, 0.3) is 0 Å². The first-order valence-corrected chi connectivity index (χ1v) is 6.88. The Kier molecular flexibility index (Phi) is 4.35. The highest BCUT2D eigenvalue weighted by Crippen LogP contribution is 2.36. The topological polar surface area (TPSA) is 99.0 Å². The predicted octanol–water partition coefficient (Wildman–Crippen LogP) is -0.222. The molecule has 0 spiro atoms. The summed E-state index contributed by atoms with van der Waals surface area (Å²) in [5.41, 5.74) is 0. The van der Waals surface area contributed by atoms with Crippen LogP contribution in [0.1, 0.15) is 25.8 Å². The lowest BCUT2D eigenvalue weighted by Crippen LogP contribution is -2.40. The van der Waals surface area contributed by atoms with Gasteiger partial charge in [-0.25, -0.2) is 9.48 Å². The minimum Gasteiger partial charge on any atom is -0.467 e. The summed E-state index contributed by atoms with van der Waals surface area (Å²) < 4.78 is 6.26. The van der Waals surface area contributed by atoms with E-state index in [1.165, 1.54) is 18.9 Å². The number of amides is 1. The van der Waals surface area contributed by atoms with E-state index < -0.39 is 12.0 Å². The summed E-state index contributed by atoms with van der Waals surface area (Å²) in [6, 6.07) is -0.285. The molecule has 9 heteroatoms. The number of methoxy groups -OCH3 is 1. The van der Waals surface area contributed by atoms with E-state index in [1.54, 1.807) is 11.6 Å². The van der Waals surface area contributed by atoms with Crippen LogP contribution in [-0.4, -0.2) is 51.0 Å². The molecule has 0 bridgehead atoms. The first kappa shape index (κ1) is 13.8. The molecular formula is C10H15N5O3S. The zero-order valence-electron chi connectivity index (χ0n) is 10.7. The van der Waals surface area contributed by atoms with Crippen LogP contribution in [0, 0.1) is 0 Å². The summed E-state index contributed by atoms with van der Waals surface area (Å²) in [4.78, 5) is 22.8. The van der Waals surface area contributed by atoms with Crippen molar-refractivity contribution in [3.8, 4) is 0 Å². The first-order valence-electron chi connectivity index (χ1n) is 5.89. The Hall–Kier alpha value is -1.64. The van der Waals surface area contributed by atoms with Crippen LogP contribution < -0.4 is 5.32 Å². The fourth-order valence-electron chi connectivity index (χ4n) is 1.48. The molecule has 1 amide bonds. The van der Waals surface area contributed by atoms with Crippen LogP contribution in [-0.2, 0) is 14.3 Å². The summed E-state index contributed by atoms with van der Waals surface area (Å²) >= 11 is 1.25. The van der Waals surface area contributed by atoms with Crippen molar-refractivity contribution < 1.29 is 14.3 Å². The second-order valence-electron chi connectivity index (χ2n) is 4.24. The van der Waals surface area contributed by atoms with Crippen LogP contribution in [0.15, 0.2) is 5.16 Å². The Labute approximate surface area is 114 Å². The summed E-state index contributed by atoms with van der Waals surface area (Å²) in [7, 11) is 1.28. The number of hydrogen-bond acceptors (Lipinski definition) is 7. The third kappa shape index (κ3) is 3.66. The molecule has 1 unspecified atom stereocenters. The number of nitrogens with zero attached hydrogens (tertiary/aromatic N) is 4. The normalized spacial score (nSPS) is 15.9. The number of esters is 1. The molecule has 1 saturated carbocycles. The highest BCUT2D eigenvalue weighted by atomic mass is 32.2. The van der Waals surface area contributed by atoms with E-state index >= 15 is 0 Å². The van der Waals surface area contributed by atoms with Crippen molar-refractivity contribution >= 4 is 23.6 Å². The Bertz CT molecular complexity index is 473. The van der Waals surface area contributed by atoms with Crippen molar-refractivity contribution in [2.24, 2.45) is 0 Å². The van der Waals surface area contributed by atoms with E-state index in [2.05, 4.69) is 25.6 Å². The molecule has 0 saturated heterocycles. The molecule has 1 fully saturated rings. The van der Waals surface area contributed by atoms with Gasteiger partial charge in [0.15, 0.2) is 0 Å². The van der Waals surface area contributed by atoms with Gasteiger partial charge in [0.05, 0.1) is 18.9 Å². The molecule has 1 aliphatic rings. The highest BCUT2D eigenvalue weighted by molar-refractivity contribution is 7.99. The third-order valence-electron chi connectivity index (χ3n) is 2.62. The largest absolute Gasteiger partial charge is 0.467 e. The van der Waals surface area contributed by atoms with Gasteiger partial charge < -0.3 is 10.1 Å². The van der Waals surface area contributed by atoms with Crippen LogP contribution in [0.3, 0.4) is 0 Å². The van der Waals surface area contributed by atoms with Gasteiger partial charge in [-0.1, -0.05) is 11.8 Å². The summed E-state index contributed by atoms with van der Waals surface area (Å²) in [6.07, 6.45) is 2.15. The van der Waals surface area contributed by atoms with Crippen molar-refractivity contribution in [1.82, 2.24) is 25.5 Å². The Balaban J connectivity index is 1.80. The van der Waals surface area contributed by atoms with Crippen molar-refractivity contribution in [2.45, 2.75) is 37.0 Å². The first-order chi connectivity index (χ1) is 9.11. The quantitative estimate of drug-likeness (QED) is 0.569. The van der Waals surface area contributed by atoms with Gasteiger partial charge in [0.1, 0.15) is 6.04 Å².